The second-order valence-electron chi connectivity index (χ2n) is 7.51. The van der Waals surface area contributed by atoms with E-state index < -0.39 is 0 Å². The first-order chi connectivity index (χ1) is 8.88. The zero-order valence-electron chi connectivity index (χ0n) is 13.2. The molecule has 19 heavy (non-hydrogen) atoms. The van der Waals surface area contributed by atoms with E-state index in [4.69, 9.17) is 0 Å². The Kier molecular flexibility index (Phi) is 4.32. The van der Waals surface area contributed by atoms with E-state index in [1.165, 1.54) is 37.1 Å². The van der Waals surface area contributed by atoms with Gasteiger partial charge in [0.15, 0.2) is 0 Å². The van der Waals surface area contributed by atoms with Crippen LogP contribution in [-0.4, -0.2) is 15.0 Å². The molecule has 0 saturated heterocycles. The van der Waals surface area contributed by atoms with Crippen LogP contribution in [0.4, 0.5) is 0 Å². The first kappa shape index (κ1) is 14.5. The minimum Gasteiger partial charge on any atom is -0.244 e. The normalized spacial score (nSPS) is 21.1. The Morgan fingerprint density at radius 1 is 1.26 bits per heavy atom. The Morgan fingerprint density at radius 2 is 2.00 bits per heavy atom. The summed E-state index contributed by atoms with van der Waals surface area (Å²) in [4.78, 5) is 0. The number of nitrogens with zero attached hydrogens (tertiary/aromatic N) is 3. The van der Waals surface area contributed by atoms with Gasteiger partial charge in [-0.25, -0.2) is 4.68 Å². The Morgan fingerprint density at radius 3 is 2.63 bits per heavy atom. The summed E-state index contributed by atoms with van der Waals surface area (Å²) in [6.45, 7) is 11.3. The summed E-state index contributed by atoms with van der Waals surface area (Å²) in [5.41, 5.74) is 2.70. The average molecular weight is 263 g/mol. The van der Waals surface area contributed by atoms with Crippen molar-refractivity contribution in [2.45, 2.75) is 78.7 Å². The van der Waals surface area contributed by atoms with Crippen molar-refractivity contribution in [1.82, 2.24) is 15.0 Å². The fourth-order valence-corrected chi connectivity index (χ4v) is 3.24. The van der Waals surface area contributed by atoms with E-state index in [2.05, 4.69) is 49.6 Å². The maximum Gasteiger partial charge on any atom is 0.0859 e. The lowest BCUT2D eigenvalue weighted by molar-refractivity contribution is 0.310. The van der Waals surface area contributed by atoms with E-state index in [1.54, 1.807) is 0 Å². The van der Waals surface area contributed by atoms with E-state index in [0.717, 1.165) is 24.7 Å². The largest absolute Gasteiger partial charge is 0.244 e. The van der Waals surface area contributed by atoms with Gasteiger partial charge in [-0.3, -0.25) is 0 Å². The zero-order valence-corrected chi connectivity index (χ0v) is 13.2. The van der Waals surface area contributed by atoms with Crippen molar-refractivity contribution in [1.29, 1.82) is 0 Å². The molecule has 0 radical (unpaired) electrons. The van der Waals surface area contributed by atoms with Crippen LogP contribution in [0.15, 0.2) is 0 Å². The summed E-state index contributed by atoms with van der Waals surface area (Å²) in [6, 6.07) is 0. The van der Waals surface area contributed by atoms with Crippen molar-refractivity contribution in [2.75, 3.05) is 0 Å². The molecule has 0 aliphatic heterocycles. The molecule has 0 spiro atoms. The minimum atomic E-state index is 0.0438. The van der Waals surface area contributed by atoms with Crippen LogP contribution in [0.2, 0.25) is 0 Å². The third-order valence-corrected chi connectivity index (χ3v) is 4.04. The molecular weight excluding hydrogens is 234 g/mol. The lowest BCUT2D eigenvalue weighted by atomic mass is 9.85. The highest BCUT2D eigenvalue weighted by molar-refractivity contribution is 5.14. The molecule has 0 bridgehead atoms. The van der Waals surface area contributed by atoms with Gasteiger partial charge in [0.1, 0.15) is 0 Å². The summed E-state index contributed by atoms with van der Waals surface area (Å²) >= 11 is 0. The fourth-order valence-electron chi connectivity index (χ4n) is 3.24. The lowest BCUT2D eigenvalue weighted by Crippen LogP contribution is -2.27. The standard InChI is InChI=1S/C16H29N3/c1-12(2)10-13-8-6-7-9-14-15(11-13)19(18-17-14)16(3,4)5/h12-13H,6-11H2,1-5H3. The van der Waals surface area contributed by atoms with Crippen LogP contribution in [0.1, 0.15) is 71.7 Å². The third kappa shape index (κ3) is 3.58. The number of aryl methyl sites for hydroxylation is 1. The van der Waals surface area contributed by atoms with Crippen LogP contribution in [-0.2, 0) is 18.4 Å². The molecule has 1 aliphatic rings. The molecule has 1 atom stereocenters. The van der Waals surface area contributed by atoms with Gasteiger partial charge in [-0.05, 0) is 58.3 Å². The predicted octanol–water partition coefficient (Wildman–Crippen LogP) is 3.96. The quantitative estimate of drug-likeness (QED) is 0.808. The van der Waals surface area contributed by atoms with Crippen molar-refractivity contribution < 1.29 is 0 Å². The van der Waals surface area contributed by atoms with Crippen molar-refractivity contribution in [3.8, 4) is 0 Å². The first-order valence-corrected chi connectivity index (χ1v) is 7.82. The molecule has 0 aromatic carbocycles. The Bertz CT molecular complexity index is 412. The van der Waals surface area contributed by atoms with Crippen LogP contribution >= 0.6 is 0 Å². The molecule has 3 nitrogen and oxygen atoms in total. The average Bonchev–Trinajstić information content (AvgIpc) is 2.62. The van der Waals surface area contributed by atoms with E-state index in [1.807, 2.05) is 0 Å². The molecular formula is C16H29N3. The maximum absolute atomic E-state index is 4.45. The van der Waals surface area contributed by atoms with Gasteiger partial charge in [-0.15, -0.1) is 5.10 Å². The van der Waals surface area contributed by atoms with E-state index in [0.29, 0.717) is 0 Å². The third-order valence-electron chi connectivity index (χ3n) is 4.04. The Balaban J connectivity index is 2.27. The van der Waals surface area contributed by atoms with Gasteiger partial charge >= 0.3 is 0 Å². The van der Waals surface area contributed by atoms with Crippen molar-refractivity contribution >= 4 is 0 Å². The van der Waals surface area contributed by atoms with Gasteiger partial charge in [0, 0.05) is 0 Å². The van der Waals surface area contributed by atoms with Crippen LogP contribution in [0.5, 0.6) is 0 Å². The molecule has 1 heterocycles. The first-order valence-electron chi connectivity index (χ1n) is 7.82. The van der Waals surface area contributed by atoms with Crippen LogP contribution in [0.3, 0.4) is 0 Å². The number of rotatable bonds is 2. The maximum atomic E-state index is 4.45. The number of fused-ring (bicyclic) bond motifs is 1. The van der Waals surface area contributed by atoms with Crippen molar-refractivity contribution in [2.24, 2.45) is 11.8 Å². The fraction of sp³-hybridized carbons (Fsp3) is 0.875. The van der Waals surface area contributed by atoms with E-state index in [-0.39, 0.29) is 5.54 Å². The number of hydrogen-bond donors (Lipinski definition) is 0. The van der Waals surface area contributed by atoms with Gasteiger partial charge in [0.05, 0.1) is 16.9 Å². The molecule has 0 N–H and O–H groups in total. The Hall–Kier alpha value is -0.860. The summed E-state index contributed by atoms with van der Waals surface area (Å²) in [7, 11) is 0. The van der Waals surface area contributed by atoms with Gasteiger partial charge in [0.25, 0.3) is 0 Å². The number of hydrogen-bond acceptors (Lipinski definition) is 2. The van der Waals surface area contributed by atoms with Crippen LogP contribution in [0, 0.1) is 11.8 Å². The minimum absolute atomic E-state index is 0.0438. The predicted molar refractivity (Wildman–Crippen MR) is 79.2 cm³/mol. The molecule has 1 aromatic rings. The van der Waals surface area contributed by atoms with Crippen LogP contribution in [0.25, 0.3) is 0 Å². The summed E-state index contributed by atoms with van der Waals surface area (Å²) < 4.78 is 2.17. The Labute approximate surface area is 117 Å². The summed E-state index contributed by atoms with van der Waals surface area (Å²) in [5.74, 6) is 1.59. The zero-order chi connectivity index (χ0) is 14.0. The molecule has 3 heteroatoms. The molecule has 1 aromatic heterocycles. The molecule has 1 aliphatic carbocycles. The highest BCUT2D eigenvalue weighted by Gasteiger charge is 2.26. The SMILES string of the molecule is CC(C)CC1CCCCc2nnn(C(C)(C)C)c2C1. The van der Waals surface area contributed by atoms with Gasteiger partial charge < -0.3 is 0 Å². The monoisotopic (exact) mass is 263 g/mol. The molecule has 108 valence electrons. The molecule has 2 rings (SSSR count). The molecule has 0 fully saturated rings. The highest BCUT2D eigenvalue weighted by Crippen LogP contribution is 2.29. The highest BCUT2D eigenvalue weighted by atomic mass is 15.5. The smallest absolute Gasteiger partial charge is 0.0859 e. The summed E-state index contributed by atoms with van der Waals surface area (Å²) in [6.07, 6.45) is 7.59. The van der Waals surface area contributed by atoms with Gasteiger partial charge in [-0.2, -0.15) is 0 Å². The second kappa shape index (κ2) is 5.64. The van der Waals surface area contributed by atoms with E-state index >= 15 is 0 Å². The van der Waals surface area contributed by atoms with Gasteiger partial charge in [0.2, 0.25) is 0 Å². The molecule has 1 unspecified atom stereocenters. The van der Waals surface area contributed by atoms with E-state index in [9.17, 15) is 0 Å². The van der Waals surface area contributed by atoms with Gasteiger partial charge in [-0.1, -0.05) is 31.9 Å². The lowest BCUT2D eigenvalue weighted by Gasteiger charge is -2.26. The molecule has 0 amide bonds. The second-order valence-corrected chi connectivity index (χ2v) is 7.51. The number of aromatic nitrogens is 3. The van der Waals surface area contributed by atoms with Crippen molar-refractivity contribution in [3.63, 3.8) is 0 Å². The van der Waals surface area contributed by atoms with Crippen molar-refractivity contribution in [3.05, 3.63) is 11.4 Å². The van der Waals surface area contributed by atoms with Crippen LogP contribution < -0.4 is 0 Å². The topological polar surface area (TPSA) is 30.7 Å². The summed E-state index contributed by atoms with van der Waals surface area (Å²) in [5, 5.41) is 8.88. The molecule has 0 saturated carbocycles.